The fraction of sp³-hybridized carbons (Fsp3) is 0.308. The number of phenolic OH excluding ortho intramolecular Hbond substituents is 1. The molecule has 0 atom stereocenters. The van der Waals surface area contributed by atoms with Gasteiger partial charge in [-0.2, -0.15) is 9.61 Å². The van der Waals surface area contributed by atoms with Crippen molar-refractivity contribution in [1.29, 1.82) is 0 Å². The first-order valence-corrected chi connectivity index (χ1v) is 7.63. The van der Waals surface area contributed by atoms with E-state index in [2.05, 4.69) is 15.3 Å². The van der Waals surface area contributed by atoms with E-state index in [-0.39, 0.29) is 5.75 Å². The number of aromatic hydroxyl groups is 1. The highest BCUT2D eigenvalue weighted by atomic mass is 35.5. The van der Waals surface area contributed by atoms with Gasteiger partial charge in [0.25, 0.3) is 0 Å². The van der Waals surface area contributed by atoms with Crippen molar-refractivity contribution in [1.82, 2.24) is 19.8 Å². The molecule has 0 unspecified atom stereocenters. The van der Waals surface area contributed by atoms with E-state index < -0.39 is 0 Å². The van der Waals surface area contributed by atoms with E-state index in [4.69, 9.17) is 11.6 Å². The van der Waals surface area contributed by atoms with Crippen molar-refractivity contribution < 1.29 is 5.11 Å². The summed E-state index contributed by atoms with van der Waals surface area (Å²) in [6.45, 7) is 0. The number of nitrogens with zero attached hydrogens (tertiary/aromatic N) is 4. The maximum Gasteiger partial charge on any atom is 0.234 e. The number of fused-ring (bicyclic) bond motifs is 1. The average Bonchev–Trinajstić information content (AvgIpc) is 2.89. The lowest BCUT2D eigenvalue weighted by molar-refractivity contribution is 0.395. The molecule has 0 amide bonds. The van der Waals surface area contributed by atoms with Gasteiger partial charge in [-0.1, -0.05) is 29.4 Å². The van der Waals surface area contributed by atoms with Crippen LogP contribution in [-0.2, 0) is 0 Å². The van der Waals surface area contributed by atoms with Gasteiger partial charge in [0, 0.05) is 10.9 Å². The number of hydrogen-bond donors (Lipinski definition) is 1. The van der Waals surface area contributed by atoms with Crippen molar-refractivity contribution in [2.24, 2.45) is 0 Å². The maximum absolute atomic E-state index is 9.98. The zero-order valence-electron chi connectivity index (χ0n) is 10.5. The van der Waals surface area contributed by atoms with Gasteiger partial charge >= 0.3 is 0 Å². The third-order valence-corrected chi connectivity index (χ3v) is 4.84. The maximum atomic E-state index is 9.98. The van der Waals surface area contributed by atoms with Gasteiger partial charge in [-0.05, 0) is 31.0 Å². The molecule has 0 aliphatic heterocycles. The minimum atomic E-state index is 0.132. The summed E-state index contributed by atoms with van der Waals surface area (Å²) in [5.41, 5.74) is 0.671. The van der Waals surface area contributed by atoms with Gasteiger partial charge in [-0.15, -0.1) is 10.2 Å². The van der Waals surface area contributed by atoms with Gasteiger partial charge in [0.2, 0.25) is 4.96 Å². The Hall–Kier alpha value is -1.66. The smallest absolute Gasteiger partial charge is 0.234 e. The Balaban J connectivity index is 1.82. The van der Waals surface area contributed by atoms with Crippen molar-refractivity contribution in [2.45, 2.75) is 25.2 Å². The number of hydrogen-bond acceptors (Lipinski definition) is 5. The third-order valence-electron chi connectivity index (χ3n) is 3.68. The first kappa shape index (κ1) is 12.1. The molecule has 20 heavy (non-hydrogen) atoms. The Morgan fingerprint density at radius 2 is 2.15 bits per heavy atom. The molecular formula is C13H11ClN4OS. The number of benzene rings is 1. The van der Waals surface area contributed by atoms with Crippen molar-refractivity contribution in [3.05, 3.63) is 29.0 Å². The lowest BCUT2D eigenvalue weighted by Crippen LogP contribution is -2.12. The minimum absolute atomic E-state index is 0.132. The molecule has 1 fully saturated rings. The van der Waals surface area contributed by atoms with E-state index in [9.17, 15) is 5.11 Å². The Kier molecular flexibility index (Phi) is 2.68. The van der Waals surface area contributed by atoms with Crippen LogP contribution in [-0.4, -0.2) is 24.9 Å². The van der Waals surface area contributed by atoms with E-state index in [0.29, 0.717) is 16.5 Å². The Labute approximate surface area is 123 Å². The molecule has 2 aromatic heterocycles. The number of rotatable bonds is 2. The average molecular weight is 307 g/mol. The van der Waals surface area contributed by atoms with Crippen LogP contribution in [0.5, 0.6) is 5.75 Å². The molecule has 1 saturated carbocycles. The molecule has 1 aliphatic rings. The fourth-order valence-electron chi connectivity index (χ4n) is 2.35. The predicted octanol–water partition coefficient (Wildman–Crippen LogP) is 3.48. The van der Waals surface area contributed by atoms with Crippen molar-refractivity contribution >= 4 is 27.9 Å². The SMILES string of the molecule is Oc1cc(Cl)ccc1-c1nn2c(C3CCC3)nnc2s1. The highest BCUT2D eigenvalue weighted by Gasteiger charge is 2.26. The number of phenols is 1. The van der Waals surface area contributed by atoms with Gasteiger partial charge in [-0.3, -0.25) is 0 Å². The molecule has 0 radical (unpaired) electrons. The minimum Gasteiger partial charge on any atom is -0.507 e. The van der Waals surface area contributed by atoms with E-state index in [1.165, 1.54) is 23.8 Å². The first-order chi connectivity index (χ1) is 9.72. The molecule has 3 aromatic rings. The second-order valence-corrected chi connectivity index (χ2v) is 6.34. The molecule has 1 N–H and O–H groups in total. The van der Waals surface area contributed by atoms with Crippen LogP contribution in [0.3, 0.4) is 0 Å². The van der Waals surface area contributed by atoms with Gasteiger partial charge in [0.1, 0.15) is 5.75 Å². The lowest BCUT2D eigenvalue weighted by Gasteiger charge is -2.22. The second kappa shape index (κ2) is 4.43. The molecule has 1 aliphatic carbocycles. The van der Waals surface area contributed by atoms with E-state index in [1.54, 1.807) is 16.6 Å². The largest absolute Gasteiger partial charge is 0.507 e. The van der Waals surface area contributed by atoms with Gasteiger partial charge in [-0.25, -0.2) is 0 Å². The van der Waals surface area contributed by atoms with Crippen molar-refractivity contribution in [3.8, 4) is 16.3 Å². The van der Waals surface area contributed by atoms with Crippen molar-refractivity contribution in [2.75, 3.05) is 0 Å². The molecule has 0 saturated heterocycles. The van der Waals surface area contributed by atoms with Gasteiger partial charge in [0.05, 0.1) is 5.56 Å². The summed E-state index contributed by atoms with van der Waals surface area (Å²) >= 11 is 7.27. The molecule has 5 nitrogen and oxygen atoms in total. The van der Waals surface area contributed by atoms with Crippen LogP contribution in [0.25, 0.3) is 15.5 Å². The summed E-state index contributed by atoms with van der Waals surface area (Å²) in [6, 6.07) is 5.03. The van der Waals surface area contributed by atoms with E-state index in [1.807, 2.05) is 0 Å². The lowest BCUT2D eigenvalue weighted by atomic mass is 9.85. The summed E-state index contributed by atoms with van der Waals surface area (Å²) in [4.78, 5) is 0.760. The molecule has 4 rings (SSSR count). The van der Waals surface area contributed by atoms with Crippen LogP contribution < -0.4 is 0 Å². The molecule has 102 valence electrons. The summed E-state index contributed by atoms with van der Waals surface area (Å²) < 4.78 is 1.80. The van der Waals surface area contributed by atoms with Crippen LogP contribution in [0.1, 0.15) is 31.0 Å². The summed E-state index contributed by atoms with van der Waals surface area (Å²) in [5, 5.41) is 24.2. The molecular weight excluding hydrogens is 296 g/mol. The van der Waals surface area contributed by atoms with Crippen LogP contribution in [0.2, 0.25) is 5.02 Å². The summed E-state index contributed by atoms with van der Waals surface area (Å²) in [6.07, 6.45) is 3.55. The Bertz CT molecular complexity index is 793. The topological polar surface area (TPSA) is 63.3 Å². The number of halogens is 1. The highest BCUT2D eigenvalue weighted by molar-refractivity contribution is 7.19. The van der Waals surface area contributed by atoms with Gasteiger partial charge < -0.3 is 5.11 Å². The molecule has 7 heteroatoms. The Morgan fingerprint density at radius 1 is 1.30 bits per heavy atom. The van der Waals surface area contributed by atoms with E-state index >= 15 is 0 Å². The van der Waals surface area contributed by atoms with Crippen LogP contribution in [0.15, 0.2) is 18.2 Å². The summed E-state index contributed by atoms with van der Waals surface area (Å²) in [7, 11) is 0. The second-order valence-electron chi connectivity index (χ2n) is 4.95. The van der Waals surface area contributed by atoms with Crippen LogP contribution >= 0.6 is 22.9 Å². The van der Waals surface area contributed by atoms with Crippen LogP contribution in [0, 0.1) is 0 Å². The highest BCUT2D eigenvalue weighted by Crippen LogP contribution is 2.38. The standard InChI is InChI=1S/C13H11ClN4OS/c14-8-4-5-9(10(19)6-8)12-17-18-11(7-2-1-3-7)15-16-13(18)20-12/h4-7,19H,1-3H2. The first-order valence-electron chi connectivity index (χ1n) is 6.43. The summed E-state index contributed by atoms with van der Waals surface area (Å²) in [5.74, 6) is 1.54. The molecule has 1 aromatic carbocycles. The third kappa shape index (κ3) is 1.79. The van der Waals surface area contributed by atoms with Gasteiger partial charge in [0.15, 0.2) is 10.8 Å². The quantitative estimate of drug-likeness (QED) is 0.787. The molecule has 0 spiro atoms. The number of aromatic nitrogens is 4. The van der Waals surface area contributed by atoms with Crippen molar-refractivity contribution in [3.63, 3.8) is 0 Å². The fourth-order valence-corrected chi connectivity index (χ4v) is 3.39. The Morgan fingerprint density at radius 3 is 2.85 bits per heavy atom. The molecule has 2 heterocycles. The zero-order chi connectivity index (χ0) is 13.7. The predicted molar refractivity (Wildman–Crippen MR) is 77.4 cm³/mol. The van der Waals surface area contributed by atoms with E-state index in [0.717, 1.165) is 28.6 Å². The normalized spacial score (nSPS) is 15.7. The monoisotopic (exact) mass is 306 g/mol. The molecule has 0 bridgehead atoms. The zero-order valence-corrected chi connectivity index (χ0v) is 12.0. The van der Waals surface area contributed by atoms with Crippen LogP contribution in [0.4, 0.5) is 0 Å².